The normalized spacial score (nSPS) is 11.6. The molecule has 0 aromatic heterocycles. The maximum Gasteiger partial charge on any atom is -0.00262 e. The third-order valence-electron chi connectivity index (χ3n) is 10.4. The Morgan fingerprint density at radius 1 is 0.200 bits per heavy atom. The van der Waals surface area contributed by atoms with Crippen molar-refractivity contribution in [2.24, 2.45) is 0 Å². The predicted octanol–water partition coefficient (Wildman–Crippen LogP) is 14.1. The molecular weight excluding hydrogens is 601 g/mol. The minimum atomic E-state index is 1.22. The Kier molecular flexibility index (Phi) is 6.60. The molecule has 0 radical (unpaired) electrons. The van der Waals surface area contributed by atoms with Crippen LogP contribution < -0.4 is 0 Å². The van der Waals surface area contributed by atoms with Crippen molar-refractivity contribution in [2.45, 2.75) is 0 Å². The SMILES string of the molecule is c1cc(-c2ccc(-c3cccc4ccccc34)c3ccccc23)cc(-c2c3ccccc3c(-c3ccc4ccccc4c3)c3ccccc23)c1. The highest BCUT2D eigenvalue weighted by Crippen LogP contribution is 2.45. The molecule has 0 saturated heterocycles. The number of rotatable bonds is 4. The maximum atomic E-state index is 2.39. The predicted molar refractivity (Wildman–Crippen MR) is 216 cm³/mol. The van der Waals surface area contributed by atoms with E-state index in [1.165, 1.54) is 98.4 Å². The van der Waals surface area contributed by atoms with E-state index in [2.05, 4.69) is 194 Å². The molecule has 0 bridgehead atoms. The van der Waals surface area contributed by atoms with Gasteiger partial charge in [-0.15, -0.1) is 0 Å². The summed E-state index contributed by atoms with van der Waals surface area (Å²) in [7, 11) is 0. The molecular formula is C50H32. The third-order valence-corrected chi connectivity index (χ3v) is 10.4. The summed E-state index contributed by atoms with van der Waals surface area (Å²) in [6.07, 6.45) is 0. The molecule has 0 fully saturated rings. The molecule has 0 spiro atoms. The topological polar surface area (TPSA) is 0 Å². The van der Waals surface area contributed by atoms with Crippen LogP contribution in [0.1, 0.15) is 0 Å². The lowest BCUT2D eigenvalue weighted by atomic mass is 9.84. The van der Waals surface area contributed by atoms with Gasteiger partial charge in [-0.3, -0.25) is 0 Å². The maximum absolute atomic E-state index is 2.39. The number of fused-ring (bicyclic) bond motifs is 5. The Bertz CT molecular complexity index is 2860. The smallest absolute Gasteiger partial charge is 0.00262 e. The van der Waals surface area contributed by atoms with E-state index in [4.69, 9.17) is 0 Å². The molecule has 10 aromatic rings. The van der Waals surface area contributed by atoms with Crippen LogP contribution in [0.5, 0.6) is 0 Å². The average molecular weight is 633 g/mol. The van der Waals surface area contributed by atoms with Gasteiger partial charge in [-0.1, -0.05) is 182 Å². The lowest BCUT2D eigenvalue weighted by molar-refractivity contribution is 1.62. The molecule has 10 rings (SSSR count). The first kappa shape index (κ1) is 28.5. The van der Waals surface area contributed by atoms with Crippen LogP contribution in [0.2, 0.25) is 0 Å². The Labute approximate surface area is 291 Å². The van der Waals surface area contributed by atoms with Crippen molar-refractivity contribution in [3.8, 4) is 44.5 Å². The quantitative estimate of drug-likeness (QED) is 0.169. The van der Waals surface area contributed by atoms with Crippen LogP contribution in [0, 0.1) is 0 Å². The summed E-state index contributed by atoms with van der Waals surface area (Å²) in [5, 5.41) is 12.7. The second-order valence-corrected chi connectivity index (χ2v) is 13.2. The molecule has 50 heavy (non-hydrogen) atoms. The van der Waals surface area contributed by atoms with Crippen LogP contribution >= 0.6 is 0 Å². The zero-order valence-corrected chi connectivity index (χ0v) is 27.5. The molecule has 0 N–H and O–H groups in total. The fourth-order valence-corrected chi connectivity index (χ4v) is 8.18. The highest BCUT2D eigenvalue weighted by Gasteiger charge is 2.18. The summed E-state index contributed by atoms with van der Waals surface area (Å²) in [5.41, 5.74) is 10.0. The molecule has 0 heterocycles. The third kappa shape index (κ3) is 4.54. The monoisotopic (exact) mass is 632 g/mol. The summed E-state index contributed by atoms with van der Waals surface area (Å²) in [5.74, 6) is 0. The van der Waals surface area contributed by atoms with Gasteiger partial charge < -0.3 is 0 Å². The Morgan fingerprint density at radius 2 is 0.640 bits per heavy atom. The van der Waals surface area contributed by atoms with Crippen molar-refractivity contribution in [2.75, 3.05) is 0 Å². The van der Waals surface area contributed by atoms with E-state index in [1.807, 2.05) is 0 Å². The first-order valence-corrected chi connectivity index (χ1v) is 17.4. The van der Waals surface area contributed by atoms with Gasteiger partial charge in [-0.25, -0.2) is 0 Å². The number of hydrogen-bond acceptors (Lipinski definition) is 0. The van der Waals surface area contributed by atoms with Gasteiger partial charge in [0.25, 0.3) is 0 Å². The molecule has 0 aliphatic carbocycles. The second-order valence-electron chi connectivity index (χ2n) is 13.2. The highest BCUT2D eigenvalue weighted by molar-refractivity contribution is 6.22. The molecule has 232 valence electrons. The number of hydrogen-bond donors (Lipinski definition) is 0. The Hall–Kier alpha value is -6.50. The fourth-order valence-electron chi connectivity index (χ4n) is 8.18. The van der Waals surface area contributed by atoms with Crippen LogP contribution in [0.25, 0.3) is 98.4 Å². The zero-order chi connectivity index (χ0) is 33.0. The van der Waals surface area contributed by atoms with E-state index >= 15 is 0 Å². The van der Waals surface area contributed by atoms with Gasteiger partial charge in [0.1, 0.15) is 0 Å². The van der Waals surface area contributed by atoms with Crippen molar-refractivity contribution >= 4 is 53.9 Å². The van der Waals surface area contributed by atoms with Gasteiger partial charge in [0.15, 0.2) is 0 Å². The number of benzene rings is 10. The van der Waals surface area contributed by atoms with E-state index in [0.29, 0.717) is 0 Å². The van der Waals surface area contributed by atoms with Crippen molar-refractivity contribution in [3.05, 3.63) is 194 Å². The van der Waals surface area contributed by atoms with E-state index in [-0.39, 0.29) is 0 Å². The van der Waals surface area contributed by atoms with Crippen LogP contribution in [0.3, 0.4) is 0 Å². The lowest BCUT2D eigenvalue weighted by Crippen LogP contribution is -1.92. The van der Waals surface area contributed by atoms with Crippen LogP contribution in [0.4, 0.5) is 0 Å². The first-order chi connectivity index (χ1) is 24.8. The summed E-state index contributed by atoms with van der Waals surface area (Å²) in [4.78, 5) is 0. The van der Waals surface area contributed by atoms with Gasteiger partial charge in [0, 0.05) is 0 Å². The van der Waals surface area contributed by atoms with E-state index in [0.717, 1.165) is 0 Å². The summed E-state index contributed by atoms with van der Waals surface area (Å²) in [6, 6.07) is 71.3. The minimum Gasteiger partial charge on any atom is -0.0616 e. The summed E-state index contributed by atoms with van der Waals surface area (Å²) in [6.45, 7) is 0. The molecule has 0 heteroatoms. The van der Waals surface area contributed by atoms with Crippen molar-refractivity contribution in [1.29, 1.82) is 0 Å². The minimum absolute atomic E-state index is 1.22. The average Bonchev–Trinajstić information content (AvgIpc) is 3.19. The Morgan fingerprint density at radius 3 is 1.32 bits per heavy atom. The van der Waals surface area contributed by atoms with Gasteiger partial charge in [-0.05, 0) is 111 Å². The van der Waals surface area contributed by atoms with Crippen molar-refractivity contribution in [3.63, 3.8) is 0 Å². The molecule has 0 nitrogen and oxygen atoms in total. The fraction of sp³-hybridized carbons (Fsp3) is 0. The Balaban J connectivity index is 1.18. The molecule has 0 unspecified atom stereocenters. The zero-order valence-electron chi connectivity index (χ0n) is 27.5. The van der Waals surface area contributed by atoms with Crippen LogP contribution in [-0.4, -0.2) is 0 Å². The van der Waals surface area contributed by atoms with E-state index in [1.54, 1.807) is 0 Å². The highest BCUT2D eigenvalue weighted by atomic mass is 14.2. The van der Waals surface area contributed by atoms with Crippen LogP contribution in [-0.2, 0) is 0 Å². The largest absolute Gasteiger partial charge is 0.0616 e. The van der Waals surface area contributed by atoms with E-state index < -0.39 is 0 Å². The van der Waals surface area contributed by atoms with E-state index in [9.17, 15) is 0 Å². The van der Waals surface area contributed by atoms with Crippen LogP contribution in [0.15, 0.2) is 194 Å². The molecule has 0 aliphatic heterocycles. The molecule has 0 saturated carbocycles. The van der Waals surface area contributed by atoms with Crippen molar-refractivity contribution in [1.82, 2.24) is 0 Å². The first-order valence-electron chi connectivity index (χ1n) is 17.4. The summed E-state index contributed by atoms with van der Waals surface area (Å²) >= 11 is 0. The van der Waals surface area contributed by atoms with Gasteiger partial charge in [0.05, 0.1) is 0 Å². The van der Waals surface area contributed by atoms with Gasteiger partial charge in [-0.2, -0.15) is 0 Å². The standard InChI is InChI=1S/C50H32/c1-2-15-35-31-38(28-27-33(35)13-1)50-47-24-9-7-22-45(47)49(46-23-8-10-25-48(46)50)37-18-11-17-36(32-37)40-29-30-44(43-21-6-5-20-41(40)43)42-26-12-16-34-14-3-4-19-39(34)42/h1-32H. The molecule has 0 amide bonds. The summed E-state index contributed by atoms with van der Waals surface area (Å²) < 4.78 is 0. The van der Waals surface area contributed by atoms with Gasteiger partial charge in [0.2, 0.25) is 0 Å². The molecule has 0 atom stereocenters. The lowest BCUT2D eigenvalue weighted by Gasteiger charge is -2.19. The van der Waals surface area contributed by atoms with Gasteiger partial charge >= 0.3 is 0 Å². The van der Waals surface area contributed by atoms with Crippen molar-refractivity contribution < 1.29 is 0 Å². The molecule has 0 aliphatic rings. The second kappa shape index (κ2) is 11.6. The molecule has 10 aromatic carbocycles.